The Labute approximate surface area is 126 Å². The molecule has 3 nitrogen and oxygen atoms in total. The van der Waals surface area contributed by atoms with E-state index >= 15 is 0 Å². The predicted octanol–water partition coefficient (Wildman–Crippen LogP) is 3.24. The minimum atomic E-state index is -3.34. The summed E-state index contributed by atoms with van der Waals surface area (Å²) in [6.07, 6.45) is 0. The quantitative estimate of drug-likeness (QED) is 0.922. The molecular weight excluding hydrogens is 282 g/mol. The zero-order chi connectivity index (χ0) is 15.5. The number of benzene rings is 2. The summed E-state index contributed by atoms with van der Waals surface area (Å²) in [7, 11) is -3.34. The van der Waals surface area contributed by atoms with E-state index in [1.807, 2.05) is 36.4 Å². The fourth-order valence-corrected chi connectivity index (χ4v) is 3.65. The molecule has 2 aromatic rings. The van der Waals surface area contributed by atoms with Crippen LogP contribution in [0.2, 0.25) is 0 Å². The molecule has 0 saturated carbocycles. The van der Waals surface area contributed by atoms with Crippen LogP contribution in [0.5, 0.6) is 0 Å². The third-order valence-corrected chi connectivity index (χ3v) is 5.27. The van der Waals surface area contributed by atoms with Crippen molar-refractivity contribution in [3.63, 3.8) is 0 Å². The van der Waals surface area contributed by atoms with Crippen molar-refractivity contribution in [2.75, 3.05) is 0 Å². The van der Waals surface area contributed by atoms with Crippen LogP contribution in [-0.4, -0.2) is 8.42 Å². The van der Waals surface area contributed by atoms with E-state index in [1.165, 1.54) is 0 Å². The lowest BCUT2D eigenvalue weighted by Crippen LogP contribution is -2.09. The molecule has 0 radical (unpaired) electrons. The van der Waals surface area contributed by atoms with Crippen LogP contribution in [0.1, 0.15) is 36.5 Å². The maximum absolute atomic E-state index is 12.5. The van der Waals surface area contributed by atoms with Gasteiger partial charge >= 0.3 is 0 Å². The molecule has 0 fully saturated rings. The van der Waals surface area contributed by atoms with E-state index in [0.717, 1.165) is 16.7 Å². The van der Waals surface area contributed by atoms with Crippen LogP contribution in [0.4, 0.5) is 0 Å². The first-order valence-electron chi connectivity index (χ1n) is 7.03. The molecule has 0 unspecified atom stereocenters. The van der Waals surface area contributed by atoms with Crippen LogP contribution in [0.25, 0.3) is 0 Å². The van der Waals surface area contributed by atoms with Gasteiger partial charge in [0.05, 0.1) is 10.6 Å². The Morgan fingerprint density at radius 3 is 2.05 bits per heavy atom. The average molecular weight is 303 g/mol. The molecule has 0 saturated heterocycles. The average Bonchev–Trinajstić information content (AvgIpc) is 2.47. The second-order valence-corrected chi connectivity index (χ2v) is 7.45. The number of rotatable bonds is 5. The molecule has 0 aliphatic heterocycles. The van der Waals surface area contributed by atoms with Crippen molar-refractivity contribution in [3.05, 3.63) is 65.2 Å². The Hall–Kier alpha value is -1.65. The first-order valence-corrected chi connectivity index (χ1v) is 8.69. The topological polar surface area (TPSA) is 60.2 Å². The fourth-order valence-electron chi connectivity index (χ4n) is 2.25. The Bertz CT molecular complexity index is 704. The molecule has 0 heterocycles. The van der Waals surface area contributed by atoms with E-state index < -0.39 is 9.84 Å². The van der Waals surface area contributed by atoms with E-state index in [2.05, 4.69) is 13.8 Å². The molecule has 0 aliphatic rings. The highest BCUT2D eigenvalue weighted by Crippen LogP contribution is 2.21. The van der Waals surface area contributed by atoms with Crippen LogP contribution < -0.4 is 5.73 Å². The Balaban J connectivity index is 2.30. The van der Waals surface area contributed by atoms with Crippen LogP contribution >= 0.6 is 0 Å². The molecule has 0 aliphatic carbocycles. The summed E-state index contributed by atoms with van der Waals surface area (Å²) >= 11 is 0. The molecule has 4 heteroatoms. The third-order valence-electron chi connectivity index (χ3n) is 3.59. The standard InChI is InChI=1S/C17H21NO2S/c1-13(2)14-7-9-17(10-8-14)21(19,20)12-16-6-4-3-5-15(16)11-18/h3-10,13H,11-12,18H2,1-2H3. The Morgan fingerprint density at radius 1 is 0.952 bits per heavy atom. The Morgan fingerprint density at radius 2 is 1.52 bits per heavy atom. The van der Waals surface area contributed by atoms with Gasteiger partial charge in [-0.15, -0.1) is 0 Å². The number of hydrogen-bond acceptors (Lipinski definition) is 3. The summed E-state index contributed by atoms with van der Waals surface area (Å²) in [6.45, 7) is 4.51. The maximum Gasteiger partial charge on any atom is 0.182 e. The molecule has 2 N–H and O–H groups in total. The molecule has 0 bridgehead atoms. The first kappa shape index (κ1) is 15.7. The van der Waals surface area contributed by atoms with Gasteiger partial charge in [0.2, 0.25) is 0 Å². The first-order chi connectivity index (χ1) is 9.94. The van der Waals surface area contributed by atoms with Gasteiger partial charge in [-0.25, -0.2) is 8.42 Å². The summed E-state index contributed by atoms with van der Waals surface area (Å²) in [5.41, 5.74) is 8.45. The highest BCUT2D eigenvalue weighted by atomic mass is 32.2. The second kappa shape index (κ2) is 6.41. The van der Waals surface area contributed by atoms with E-state index in [-0.39, 0.29) is 5.75 Å². The zero-order valence-electron chi connectivity index (χ0n) is 12.4. The van der Waals surface area contributed by atoms with Crippen molar-refractivity contribution >= 4 is 9.84 Å². The number of hydrogen-bond donors (Lipinski definition) is 1. The lowest BCUT2D eigenvalue weighted by Gasteiger charge is -2.10. The van der Waals surface area contributed by atoms with Crippen LogP contribution in [0.3, 0.4) is 0 Å². The zero-order valence-corrected chi connectivity index (χ0v) is 13.2. The van der Waals surface area contributed by atoms with Crippen molar-refractivity contribution in [2.24, 2.45) is 5.73 Å². The largest absolute Gasteiger partial charge is 0.326 e. The van der Waals surface area contributed by atoms with Crippen molar-refractivity contribution in [3.8, 4) is 0 Å². The van der Waals surface area contributed by atoms with Gasteiger partial charge in [0, 0.05) is 6.54 Å². The van der Waals surface area contributed by atoms with Crippen molar-refractivity contribution in [1.29, 1.82) is 0 Å². The highest BCUT2D eigenvalue weighted by molar-refractivity contribution is 7.90. The van der Waals surface area contributed by atoms with Gasteiger partial charge in [-0.1, -0.05) is 50.2 Å². The summed E-state index contributed by atoms with van der Waals surface area (Å²) in [5.74, 6) is 0.376. The number of sulfone groups is 1. The Kier molecular flexibility index (Phi) is 4.80. The van der Waals surface area contributed by atoms with Crippen molar-refractivity contribution in [1.82, 2.24) is 0 Å². The molecule has 0 atom stereocenters. The SMILES string of the molecule is CC(C)c1ccc(S(=O)(=O)Cc2ccccc2CN)cc1. The van der Waals surface area contributed by atoms with E-state index in [0.29, 0.717) is 17.4 Å². The molecule has 0 aromatic heterocycles. The van der Waals surface area contributed by atoms with Crippen LogP contribution in [0.15, 0.2) is 53.4 Å². The molecular formula is C17H21NO2S. The van der Waals surface area contributed by atoms with Gasteiger partial charge in [0.25, 0.3) is 0 Å². The monoisotopic (exact) mass is 303 g/mol. The highest BCUT2D eigenvalue weighted by Gasteiger charge is 2.17. The normalized spacial score (nSPS) is 11.8. The number of nitrogens with two attached hydrogens (primary N) is 1. The van der Waals surface area contributed by atoms with E-state index in [4.69, 9.17) is 5.73 Å². The molecule has 0 amide bonds. The summed E-state index contributed by atoms with van der Waals surface area (Å²) in [6, 6.07) is 14.5. The van der Waals surface area contributed by atoms with Crippen LogP contribution in [-0.2, 0) is 22.1 Å². The van der Waals surface area contributed by atoms with Crippen LogP contribution in [0, 0.1) is 0 Å². The summed E-state index contributed by atoms with van der Waals surface area (Å²) in [4.78, 5) is 0.360. The smallest absolute Gasteiger partial charge is 0.182 e. The lowest BCUT2D eigenvalue weighted by molar-refractivity contribution is 0.595. The van der Waals surface area contributed by atoms with Gasteiger partial charge < -0.3 is 5.73 Å². The summed E-state index contributed by atoms with van der Waals surface area (Å²) in [5, 5.41) is 0. The van der Waals surface area contributed by atoms with Gasteiger partial charge in [0.15, 0.2) is 9.84 Å². The molecule has 112 valence electrons. The van der Waals surface area contributed by atoms with Gasteiger partial charge in [-0.3, -0.25) is 0 Å². The molecule has 2 aromatic carbocycles. The molecule has 2 rings (SSSR count). The minimum Gasteiger partial charge on any atom is -0.326 e. The van der Waals surface area contributed by atoms with E-state index in [1.54, 1.807) is 12.1 Å². The van der Waals surface area contributed by atoms with Crippen molar-refractivity contribution in [2.45, 2.75) is 37.0 Å². The molecule has 21 heavy (non-hydrogen) atoms. The third kappa shape index (κ3) is 3.71. The van der Waals surface area contributed by atoms with Gasteiger partial charge in [0.1, 0.15) is 0 Å². The van der Waals surface area contributed by atoms with Crippen molar-refractivity contribution < 1.29 is 8.42 Å². The maximum atomic E-state index is 12.5. The van der Waals surface area contributed by atoms with Gasteiger partial charge in [-0.05, 0) is 34.7 Å². The predicted molar refractivity (Wildman–Crippen MR) is 85.8 cm³/mol. The lowest BCUT2D eigenvalue weighted by atomic mass is 10.0. The fraction of sp³-hybridized carbons (Fsp3) is 0.294. The van der Waals surface area contributed by atoms with E-state index in [9.17, 15) is 8.42 Å². The molecule has 0 spiro atoms. The summed E-state index contributed by atoms with van der Waals surface area (Å²) < 4.78 is 25.0. The second-order valence-electron chi connectivity index (χ2n) is 5.46. The minimum absolute atomic E-state index is 0.0125. The van der Waals surface area contributed by atoms with Gasteiger partial charge in [-0.2, -0.15) is 0 Å².